The summed E-state index contributed by atoms with van der Waals surface area (Å²) in [5.74, 6) is -2.48. The smallest absolute Gasteiger partial charge is 0.322 e. The van der Waals surface area contributed by atoms with Crippen molar-refractivity contribution < 1.29 is 19.8 Å². The Kier molecular flexibility index (Phi) is 4.80. The summed E-state index contributed by atoms with van der Waals surface area (Å²) in [5.41, 5.74) is 0. The highest BCUT2D eigenvalue weighted by Crippen LogP contribution is 1.93. The lowest BCUT2D eigenvalue weighted by Crippen LogP contribution is -2.36. The van der Waals surface area contributed by atoms with Crippen LogP contribution < -0.4 is 4.72 Å². The maximum Gasteiger partial charge on any atom is 0.322 e. The first-order chi connectivity index (χ1) is 5.43. The molecule has 0 aliphatic carbocycles. The van der Waals surface area contributed by atoms with Crippen LogP contribution in [0.2, 0.25) is 0 Å². The van der Waals surface area contributed by atoms with Gasteiger partial charge < -0.3 is 10.2 Å². The third kappa shape index (κ3) is 5.06. The van der Waals surface area contributed by atoms with Gasteiger partial charge in [0.2, 0.25) is 0 Å². The van der Waals surface area contributed by atoms with Gasteiger partial charge in [0.25, 0.3) is 0 Å². The molecule has 8 heteroatoms. The Hall–Kier alpha value is -0.650. The van der Waals surface area contributed by atoms with Crippen molar-refractivity contribution in [1.29, 1.82) is 4.78 Å². The van der Waals surface area contributed by atoms with Crippen molar-refractivity contribution in [2.45, 2.75) is 12.5 Å². The van der Waals surface area contributed by atoms with E-state index in [9.17, 15) is 9.59 Å². The maximum absolute atomic E-state index is 10.4. The molecule has 70 valence electrons. The van der Waals surface area contributed by atoms with Crippen molar-refractivity contribution in [3.8, 4) is 0 Å². The zero-order valence-electron chi connectivity index (χ0n) is 5.94. The monoisotopic (exact) mass is 212 g/mol. The maximum atomic E-state index is 10.4. The number of nitrogens with one attached hydrogen (secondary N) is 2. The number of rotatable bonds is 5. The van der Waals surface area contributed by atoms with Crippen molar-refractivity contribution >= 4 is 30.0 Å². The fourth-order valence-electron chi connectivity index (χ4n) is 0.519. The SMILES string of the molecule is N=[SH](=P)NC(CC(=O)O)C(=O)O. The van der Waals surface area contributed by atoms with Gasteiger partial charge in [-0.25, -0.2) is 4.72 Å². The largest absolute Gasteiger partial charge is 0.481 e. The van der Waals surface area contributed by atoms with E-state index in [1.165, 1.54) is 0 Å². The fourth-order valence-corrected chi connectivity index (χ4v) is 1.50. The minimum absolute atomic E-state index is 0.530. The number of carboxylic acids is 2. The predicted molar refractivity (Wildman–Crippen MR) is 46.6 cm³/mol. The van der Waals surface area contributed by atoms with Gasteiger partial charge in [0.1, 0.15) is 6.04 Å². The molecule has 0 spiro atoms. The first-order valence-corrected chi connectivity index (χ1v) is 5.55. The van der Waals surface area contributed by atoms with E-state index < -0.39 is 34.5 Å². The number of aliphatic carboxylic acids is 2. The second-order valence-corrected chi connectivity index (χ2v) is 4.22. The molecule has 0 bridgehead atoms. The second kappa shape index (κ2) is 5.08. The van der Waals surface area contributed by atoms with Gasteiger partial charge in [0.15, 0.2) is 0 Å². The Bertz CT molecular complexity index is 256. The molecule has 0 aromatic carbocycles. The van der Waals surface area contributed by atoms with Crippen LogP contribution in [0.3, 0.4) is 0 Å². The summed E-state index contributed by atoms with van der Waals surface area (Å²) in [7, 11) is 1.30. The lowest BCUT2D eigenvalue weighted by atomic mass is 10.2. The first-order valence-electron chi connectivity index (χ1n) is 2.87. The molecule has 0 amide bonds. The molecule has 12 heavy (non-hydrogen) atoms. The summed E-state index contributed by atoms with van der Waals surface area (Å²) in [4.78, 5) is 20.5. The molecule has 0 heterocycles. The van der Waals surface area contributed by atoms with E-state index in [0.29, 0.717) is 0 Å². The Morgan fingerprint density at radius 2 is 2.08 bits per heavy atom. The first kappa shape index (κ1) is 11.4. The standard InChI is InChI=1S/C4H9N2O4PS/c5-12(11)6-2(4(9)10)1-3(7)8/h2,11-12H,1H2,(H2,5,6)(H,7,8)(H,9,10). The molecule has 0 aromatic rings. The molecule has 0 rings (SSSR count). The van der Waals surface area contributed by atoms with Gasteiger partial charge in [-0.05, 0) is 0 Å². The number of carboxylic acid groups (broad SMARTS) is 2. The lowest BCUT2D eigenvalue weighted by Gasteiger charge is -2.08. The van der Waals surface area contributed by atoms with E-state index in [4.69, 9.17) is 15.0 Å². The molecular formula is C4H9N2O4PS. The summed E-state index contributed by atoms with van der Waals surface area (Å²) in [6, 6.07) is -1.20. The number of hydrogen-bond donors (Lipinski definition) is 5. The third-order valence-corrected chi connectivity index (χ3v) is 1.92. The highest BCUT2D eigenvalue weighted by atomic mass is 32.5. The number of thiol groups is 1. The Balaban J connectivity index is 4.23. The van der Waals surface area contributed by atoms with Crippen LogP contribution in [-0.2, 0) is 19.6 Å². The average Bonchev–Trinajstić information content (AvgIpc) is 1.83. The quantitative estimate of drug-likeness (QED) is 0.314. The van der Waals surface area contributed by atoms with E-state index in [0.717, 1.165) is 0 Å². The normalized spacial score (nSPS) is 15.0. The Morgan fingerprint density at radius 1 is 1.58 bits per heavy atom. The molecule has 0 aromatic heterocycles. The van der Waals surface area contributed by atoms with Crippen LogP contribution in [0, 0.1) is 4.78 Å². The highest BCUT2D eigenvalue weighted by molar-refractivity contribution is 8.06. The van der Waals surface area contributed by atoms with Gasteiger partial charge >= 0.3 is 11.9 Å². The summed E-state index contributed by atoms with van der Waals surface area (Å²) in [6.07, 6.45) is -0.530. The molecule has 0 aliphatic rings. The zero-order valence-corrected chi connectivity index (χ0v) is 7.84. The molecule has 2 unspecified atom stereocenters. The van der Waals surface area contributed by atoms with E-state index in [-0.39, 0.29) is 0 Å². The second-order valence-electron chi connectivity index (χ2n) is 1.95. The topological polar surface area (TPSA) is 110 Å². The summed E-state index contributed by atoms with van der Waals surface area (Å²) < 4.78 is 9.23. The van der Waals surface area contributed by atoms with Crippen molar-refractivity contribution in [3.05, 3.63) is 0 Å². The third-order valence-electron chi connectivity index (χ3n) is 0.962. The van der Waals surface area contributed by atoms with Crippen LogP contribution in [-0.4, -0.2) is 28.2 Å². The van der Waals surface area contributed by atoms with E-state index in [1.807, 2.05) is 0 Å². The molecule has 4 N–H and O–H groups in total. The van der Waals surface area contributed by atoms with E-state index in [2.05, 4.69) is 12.7 Å². The van der Waals surface area contributed by atoms with Gasteiger partial charge in [-0.1, -0.05) is 18.1 Å². The molecule has 0 fully saturated rings. The van der Waals surface area contributed by atoms with Gasteiger partial charge in [-0.2, -0.15) is 0 Å². The minimum Gasteiger partial charge on any atom is -0.481 e. The van der Waals surface area contributed by atoms with Gasteiger partial charge in [-0.15, -0.1) is 0 Å². The van der Waals surface area contributed by atoms with Crippen LogP contribution in [0.15, 0.2) is 0 Å². The number of carbonyl (C=O) groups is 2. The molecule has 0 saturated carbocycles. The minimum atomic E-state index is -1.54. The van der Waals surface area contributed by atoms with Crippen LogP contribution in [0.1, 0.15) is 6.42 Å². The average molecular weight is 212 g/mol. The predicted octanol–water partition coefficient (Wildman–Crippen LogP) is -0.410. The van der Waals surface area contributed by atoms with Gasteiger partial charge in [-0.3, -0.25) is 14.4 Å². The lowest BCUT2D eigenvalue weighted by molar-refractivity contribution is -0.145. The van der Waals surface area contributed by atoms with Crippen molar-refractivity contribution in [2.75, 3.05) is 0 Å². The van der Waals surface area contributed by atoms with Crippen molar-refractivity contribution in [3.63, 3.8) is 0 Å². The molecular weight excluding hydrogens is 203 g/mol. The molecule has 0 radical (unpaired) electrons. The van der Waals surface area contributed by atoms with Crippen LogP contribution in [0.25, 0.3) is 0 Å². The molecule has 2 atom stereocenters. The summed E-state index contributed by atoms with van der Waals surface area (Å²) in [5, 5.41) is 16.7. The van der Waals surface area contributed by atoms with Gasteiger partial charge in [0.05, 0.1) is 6.42 Å². The Labute approximate surface area is 72.5 Å². The van der Waals surface area contributed by atoms with Crippen LogP contribution in [0.5, 0.6) is 0 Å². The van der Waals surface area contributed by atoms with E-state index >= 15 is 0 Å². The molecule has 6 nitrogen and oxygen atoms in total. The molecule has 0 aliphatic heterocycles. The summed E-state index contributed by atoms with van der Waals surface area (Å²) in [6.45, 7) is 0. The van der Waals surface area contributed by atoms with Crippen molar-refractivity contribution in [1.82, 2.24) is 4.72 Å². The fraction of sp³-hybridized carbons (Fsp3) is 0.500. The highest BCUT2D eigenvalue weighted by Gasteiger charge is 2.19. The molecule has 0 saturated heterocycles. The zero-order chi connectivity index (χ0) is 9.72. The van der Waals surface area contributed by atoms with Crippen LogP contribution >= 0.6 is 8.02 Å². The summed E-state index contributed by atoms with van der Waals surface area (Å²) >= 11 is 0. The van der Waals surface area contributed by atoms with E-state index in [1.54, 1.807) is 0 Å². The number of hydrogen-bond acceptors (Lipinski definition) is 3. The van der Waals surface area contributed by atoms with Crippen molar-refractivity contribution in [2.24, 2.45) is 0 Å². The Morgan fingerprint density at radius 3 is 2.33 bits per heavy atom. The van der Waals surface area contributed by atoms with Crippen LogP contribution in [0.4, 0.5) is 0 Å². The van der Waals surface area contributed by atoms with Gasteiger partial charge in [0, 0.05) is 0 Å².